The predicted octanol–water partition coefficient (Wildman–Crippen LogP) is 3.93. The Morgan fingerprint density at radius 2 is 1.88 bits per heavy atom. The topological polar surface area (TPSA) is 56.4 Å². The molecule has 5 unspecified atom stereocenters. The van der Waals surface area contributed by atoms with Gasteiger partial charge in [-0.3, -0.25) is 15.6 Å². The van der Waals surface area contributed by atoms with Gasteiger partial charge in [-0.05, 0) is 80.3 Å². The molecule has 6 rings (SSSR count). The lowest BCUT2D eigenvalue weighted by Crippen LogP contribution is -2.37. The molecule has 0 aromatic heterocycles. The summed E-state index contributed by atoms with van der Waals surface area (Å²) in [5, 5.41) is 3.14. The van der Waals surface area contributed by atoms with Crippen LogP contribution in [0.5, 0.6) is 0 Å². The van der Waals surface area contributed by atoms with Gasteiger partial charge in [-0.1, -0.05) is 54.6 Å². The van der Waals surface area contributed by atoms with Crippen LogP contribution >= 0.6 is 0 Å². The van der Waals surface area contributed by atoms with E-state index < -0.39 is 0 Å². The highest BCUT2D eigenvalue weighted by molar-refractivity contribution is 6.08. The molecule has 5 heteroatoms. The van der Waals surface area contributed by atoms with Crippen molar-refractivity contribution < 1.29 is 4.79 Å². The Kier molecular flexibility index (Phi) is 5.17. The third kappa shape index (κ3) is 3.63. The average Bonchev–Trinajstić information content (AvgIpc) is 3.35. The van der Waals surface area contributed by atoms with Crippen molar-refractivity contribution in [2.24, 2.45) is 17.8 Å². The Hall–Kier alpha value is -2.47. The highest BCUT2D eigenvalue weighted by Gasteiger charge is 2.67. The van der Waals surface area contributed by atoms with Crippen molar-refractivity contribution >= 4 is 17.7 Å². The molecule has 2 heterocycles. The first-order valence-electron chi connectivity index (χ1n) is 12.4. The molecule has 6 atom stereocenters. The summed E-state index contributed by atoms with van der Waals surface area (Å²) >= 11 is 0. The van der Waals surface area contributed by atoms with Crippen molar-refractivity contribution in [3.05, 3.63) is 71.3 Å². The highest BCUT2D eigenvalue weighted by atomic mass is 16.2. The van der Waals surface area contributed by atoms with Crippen molar-refractivity contribution in [1.82, 2.24) is 15.8 Å². The molecule has 5 nitrogen and oxygen atoms in total. The van der Waals surface area contributed by atoms with Crippen molar-refractivity contribution in [3.63, 3.8) is 0 Å². The van der Waals surface area contributed by atoms with Crippen LogP contribution in [0, 0.1) is 17.8 Å². The minimum Gasteiger partial charge on any atom is -0.325 e. The number of nitrogens with one attached hydrogen (secondary N) is 3. The molecule has 1 spiro atoms. The highest BCUT2D eigenvalue weighted by Crippen LogP contribution is 2.64. The van der Waals surface area contributed by atoms with E-state index in [0.717, 1.165) is 25.1 Å². The summed E-state index contributed by atoms with van der Waals surface area (Å²) in [4.78, 5) is 15.1. The fraction of sp³-hybridized carbons (Fsp3) is 0.464. The van der Waals surface area contributed by atoms with Crippen LogP contribution in [-0.4, -0.2) is 37.0 Å². The second kappa shape index (κ2) is 8.08. The zero-order chi connectivity index (χ0) is 22.6. The maximum atomic E-state index is 12.9. The molecule has 2 aromatic rings. The number of benzene rings is 2. The number of carbonyl (C=O) groups excluding carboxylic acids is 1. The fourth-order valence-electron chi connectivity index (χ4n) is 6.77. The summed E-state index contributed by atoms with van der Waals surface area (Å²) < 4.78 is 0. The lowest BCUT2D eigenvalue weighted by atomic mass is 9.73. The SMILES string of the molecule is CN(C)Cc1ccc(/C=C/C2NNC3CC(C4C[C@@]45C(=O)Nc4ccccc45)CCC23)cc1. The molecule has 2 aromatic carbocycles. The zero-order valence-electron chi connectivity index (χ0n) is 19.6. The van der Waals surface area contributed by atoms with E-state index in [9.17, 15) is 4.79 Å². The van der Waals surface area contributed by atoms with Crippen LogP contribution in [0.15, 0.2) is 54.6 Å². The number of rotatable bonds is 5. The molecule has 0 radical (unpaired) electrons. The van der Waals surface area contributed by atoms with E-state index in [1.54, 1.807) is 0 Å². The standard InChI is InChI=1S/C28H34N4O/c1-32(2)17-19-9-7-18(8-10-19)11-14-24-21-13-12-20(15-26(21)31-30-24)23-16-28(23)22-5-3-4-6-25(22)29-27(28)33/h3-11,14,20-21,23-24,26,30-31H,12-13,15-17H2,1-2H3,(H,29,33)/b14-11+/t20?,21?,23?,24?,26?,28-/m0/s1. The zero-order valence-corrected chi connectivity index (χ0v) is 19.6. The second-order valence-corrected chi connectivity index (χ2v) is 10.8. The van der Waals surface area contributed by atoms with Crippen molar-refractivity contribution in [2.45, 2.75) is 49.7 Å². The monoisotopic (exact) mass is 442 g/mol. The summed E-state index contributed by atoms with van der Waals surface area (Å²) in [5.41, 5.74) is 11.7. The van der Waals surface area contributed by atoms with Gasteiger partial charge in [-0.15, -0.1) is 0 Å². The molecule has 172 valence electrons. The van der Waals surface area contributed by atoms with Crippen LogP contribution in [0.25, 0.3) is 6.08 Å². The normalized spacial score (nSPS) is 34.6. The van der Waals surface area contributed by atoms with E-state index in [-0.39, 0.29) is 11.3 Å². The molecule has 4 aliphatic rings. The van der Waals surface area contributed by atoms with Crippen LogP contribution in [0.3, 0.4) is 0 Å². The van der Waals surface area contributed by atoms with Gasteiger partial charge in [0, 0.05) is 24.3 Å². The number of hydrazine groups is 1. The van der Waals surface area contributed by atoms with E-state index in [4.69, 9.17) is 0 Å². The summed E-state index contributed by atoms with van der Waals surface area (Å²) in [5.74, 6) is 1.94. The smallest absolute Gasteiger partial charge is 0.235 e. The lowest BCUT2D eigenvalue weighted by Gasteiger charge is -2.33. The molecular formula is C28H34N4O. The molecule has 2 aliphatic carbocycles. The van der Waals surface area contributed by atoms with Crippen LogP contribution < -0.4 is 16.2 Å². The van der Waals surface area contributed by atoms with Gasteiger partial charge < -0.3 is 10.2 Å². The first-order chi connectivity index (χ1) is 16.0. The molecule has 2 saturated carbocycles. The van der Waals surface area contributed by atoms with Gasteiger partial charge in [0.05, 0.1) is 5.41 Å². The second-order valence-electron chi connectivity index (χ2n) is 10.8. The molecule has 1 amide bonds. The number of nitrogens with zero attached hydrogens (tertiary/aromatic N) is 1. The summed E-state index contributed by atoms with van der Waals surface area (Å²) in [6.07, 6.45) is 9.18. The Labute approximate surface area is 196 Å². The Morgan fingerprint density at radius 1 is 1.06 bits per heavy atom. The van der Waals surface area contributed by atoms with Gasteiger partial charge in [0.1, 0.15) is 0 Å². The Balaban J connectivity index is 1.09. The van der Waals surface area contributed by atoms with Gasteiger partial charge >= 0.3 is 0 Å². The van der Waals surface area contributed by atoms with Gasteiger partial charge in [-0.25, -0.2) is 0 Å². The predicted molar refractivity (Wildman–Crippen MR) is 132 cm³/mol. The van der Waals surface area contributed by atoms with Crippen molar-refractivity contribution in [2.75, 3.05) is 19.4 Å². The molecule has 0 bridgehead atoms. The number of para-hydroxylation sites is 1. The summed E-state index contributed by atoms with van der Waals surface area (Å²) in [7, 11) is 4.20. The quantitative estimate of drug-likeness (QED) is 0.657. The number of carbonyl (C=O) groups is 1. The van der Waals surface area contributed by atoms with Gasteiger partial charge in [0.2, 0.25) is 5.91 Å². The van der Waals surface area contributed by atoms with E-state index in [2.05, 4.69) is 83.7 Å². The van der Waals surface area contributed by atoms with Crippen LogP contribution in [0.4, 0.5) is 5.69 Å². The number of fused-ring (bicyclic) bond motifs is 3. The third-order valence-electron chi connectivity index (χ3n) is 8.46. The molecular weight excluding hydrogens is 408 g/mol. The lowest BCUT2D eigenvalue weighted by molar-refractivity contribution is -0.118. The third-order valence-corrected chi connectivity index (χ3v) is 8.46. The Morgan fingerprint density at radius 3 is 2.70 bits per heavy atom. The van der Waals surface area contributed by atoms with Gasteiger partial charge in [-0.2, -0.15) is 0 Å². The van der Waals surface area contributed by atoms with Gasteiger partial charge in [0.25, 0.3) is 0 Å². The van der Waals surface area contributed by atoms with Crippen LogP contribution in [-0.2, 0) is 16.8 Å². The average molecular weight is 443 g/mol. The number of hydrogen-bond donors (Lipinski definition) is 3. The van der Waals surface area contributed by atoms with Crippen LogP contribution in [0.2, 0.25) is 0 Å². The van der Waals surface area contributed by atoms with Crippen LogP contribution in [0.1, 0.15) is 42.4 Å². The Bertz CT molecular complexity index is 1080. The summed E-state index contributed by atoms with van der Waals surface area (Å²) in [6.45, 7) is 0.971. The molecule has 1 saturated heterocycles. The van der Waals surface area contributed by atoms with Crippen molar-refractivity contribution in [1.29, 1.82) is 0 Å². The molecule has 2 aliphatic heterocycles. The van der Waals surface area contributed by atoms with E-state index in [1.165, 1.54) is 29.5 Å². The van der Waals surface area contributed by atoms with Gasteiger partial charge in [0.15, 0.2) is 0 Å². The summed E-state index contributed by atoms with van der Waals surface area (Å²) in [6, 6.07) is 18.0. The van der Waals surface area contributed by atoms with E-state index in [1.807, 2.05) is 12.1 Å². The minimum absolute atomic E-state index is 0.228. The minimum atomic E-state index is -0.252. The maximum Gasteiger partial charge on any atom is 0.235 e. The fourth-order valence-corrected chi connectivity index (χ4v) is 6.77. The number of amides is 1. The van der Waals surface area contributed by atoms with E-state index >= 15 is 0 Å². The van der Waals surface area contributed by atoms with E-state index in [0.29, 0.717) is 29.8 Å². The maximum absolute atomic E-state index is 12.9. The number of anilines is 1. The first-order valence-corrected chi connectivity index (χ1v) is 12.4. The largest absolute Gasteiger partial charge is 0.325 e. The first kappa shape index (κ1) is 21.1. The molecule has 3 N–H and O–H groups in total. The molecule has 3 fully saturated rings. The number of hydrogen-bond acceptors (Lipinski definition) is 4. The molecule has 33 heavy (non-hydrogen) atoms. The van der Waals surface area contributed by atoms with Crippen molar-refractivity contribution in [3.8, 4) is 0 Å².